The first-order valence-electron chi connectivity index (χ1n) is 6.86. The number of amides is 2. The lowest BCUT2D eigenvalue weighted by atomic mass is 9.97. The van der Waals surface area contributed by atoms with Crippen molar-refractivity contribution < 1.29 is 9.59 Å². The smallest absolute Gasteiger partial charge is 0.225 e. The van der Waals surface area contributed by atoms with Gasteiger partial charge in [-0.3, -0.25) is 9.59 Å². The third-order valence-corrected chi connectivity index (χ3v) is 3.88. The fraction of sp³-hybridized carbons (Fsp3) is 0.467. The third kappa shape index (κ3) is 3.97. The van der Waals surface area contributed by atoms with Gasteiger partial charge in [0.25, 0.3) is 0 Å². The molecule has 2 amide bonds. The molecular formula is C15H19ClN2O2. The van der Waals surface area contributed by atoms with Gasteiger partial charge in [0, 0.05) is 24.0 Å². The quantitative estimate of drug-likeness (QED) is 0.891. The van der Waals surface area contributed by atoms with Gasteiger partial charge in [-0.15, -0.1) is 0 Å². The molecule has 0 aliphatic carbocycles. The molecule has 4 nitrogen and oxygen atoms in total. The third-order valence-electron chi connectivity index (χ3n) is 3.51. The first kappa shape index (κ1) is 14.9. The number of halogens is 1. The largest absolute Gasteiger partial charge is 0.355 e. The van der Waals surface area contributed by atoms with Crippen molar-refractivity contribution in [3.05, 3.63) is 34.9 Å². The monoisotopic (exact) mass is 294 g/mol. The van der Waals surface area contributed by atoms with E-state index in [9.17, 15) is 9.59 Å². The van der Waals surface area contributed by atoms with Crippen LogP contribution in [0.15, 0.2) is 24.3 Å². The summed E-state index contributed by atoms with van der Waals surface area (Å²) < 4.78 is 0. The Balaban J connectivity index is 1.85. The van der Waals surface area contributed by atoms with Crippen molar-refractivity contribution in [3.8, 4) is 0 Å². The van der Waals surface area contributed by atoms with Crippen molar-refractivity contribution in [2.24, 2.45) is 5.92 Å². The molecule has 1 aromatic carbocycles. The summed E-state index contributed by atoms with van der Waals surface area (Å²) in [7, 11) is 0. The van der Waals surface area contributed by atoms with Gasteiger partial charge in [0.2, 0.25) is 11.8 Å². The van der Waals surface area contributed by atoms with Crippen LogP contribution in [-0.4, -0.2) is 24.4 Å². The number of carbonyl (C=O) groups is 2. The lowest BCUT2D eigenvalue weighted by molar-refractivity contribution is -0.129. The Kier molecular flexibility index (Phi) is 5.01. The summed E-state index contributed by atoms with van der Waals surface area (Å²) in [6.07, 6.45) is 1.75. The Morgan fingerprint density at radius 2 is 2.25 bits per heavy atom. The fourth-order valence-corrected chi connectivity index (χ4v) is 2.58. The second kappa shape index (κ2) is 6.75. The molecule has 1 saturated heterocycles. The Hall–Kier alpha value is -1.55. The van der Waals surface area contributed by atoms with Crippen LogP contribution in [0, 0.1) is 5.92 Å². The molecule has 2 unspecified atom stereocenters. The van der Waals surface area contributed by atoms with E-state index in [0.29, 0.717) is 25.8 Å². The van der Waals surface area contributed by atoms with E-state index in [-0.39, 0.29) is 23.8 Å². The zero-order chi connectivity index (χ0) is 14.5. The topological polar surface area (TPSA) is 58.2 Å². The van der Waals surface area contributed by atoms with Crippen molar-refractivity contribution in [3.63, 3.8) is 0 Å². The maximum Gasteiger partial charge on any atom is 0.225 e. The highest BCUT2D eigenvalue weighted by molar-refractivity contribution is 6.31. The maximum absolute atomic E-state index is 12.1. The molecule has 0 aromatic heterocycles. The summed E-state index contributed by atoms with van der Waals surface area (Å²) in [6, 6.07) is 7.65. The molecule has 1 aromatic rings. The summed E-state index contributed by atoms with van der Waals surface area (Å²) in [5.41, 5.74) is 1.03. The van der Waals surface area contributed by atoms with E-state index >= 15 is 0 Å². The first-order chi connectivity index (χ1) is 9.56. The summed E-state index contributed by atoms with van der Waals surface area (Å²) in [5.74, 6) is -0.0934. The highest BCUT2D eigenvalue weighted by Crippen LogP contribution is 2.17. The number of hydrogen-bond donors (Lipinski definition) is 2. The van der Waals surface area contributed by atoms with Gasteiger partial charge in [0.15, 0.2) is 0 Å². The van der Waals surface area contributed by atoms with Gasteiger partial charge in [-0.1, -0.05) is 29.8 Å². The maximum atomic E-state index is 12.1. The van der Waals surface area contributed by atoms with Crippen LogP contribution in [0.5, 0.6) is 0 Å². The van der Waals surface area contributed by atoms with E-state index in [0.717, 1.165) is 10.6 Å². The fourth-order valence-electron chi connectivity index (χ4n) is 2.36. The van der Waals surface area contributed by atoms with Gasteiger partial charge in [0.1, 0.15) is 0 Å². The molecule has 108 valence electrons. The minimum Gasteiger partial charge on any atom is -0.355 e. The van der Waals surface area contributed by atoms with Crippen molar-refractivity contribution in [2.75, 3.05) is 6.54 Å². The van der Waals surface area contributed by atoms with Crippen LogP contribution in [0.1, 0.15) is 25.3 Å². The van der Waals surface area contributed by atoms with E-state index in [4.69, 9.17) is 11.6 Å². The predicted molar refractivity (Wildman–Crippen MR) is 78.5 cm³/mol. The van der Waals surface area contributed by atoms with Crippen molar-refractivity contribution in [1.29, 1.82) is 0 Å². The number of piperidine rings is 1. The second-order valence-corrected chi connectivity index (χ2v) is 5.65. The Morgan fingerprint density at radius 3 is 2.90 bits per heavy atom. The van der Waals surface area contributed by atoms with E-state index in [2.05, 4.69) is 10.6 Å². The molecular weight excluding hydrogens is 276 g/mol. The summed E-state index contributed by atoms with van der Waals surface area (Å²) in [5, 5.41) is 6.44. The molecule has 2 N–H and O–H groups in total. The van der Waals surface area contributed by atoms with E-state index in [1.807, 2.05) is 31.2 Å². The number of hydrogen-bond acceptors (Lipinski definition) is 2. The van der Waals surface area contributed by atoms with Crippen LogP contribution in [-0.2, 0) is 16.0 Å². The lowest BCUT2D eigenvalue weighted by Gasteiger charge is -2.24. The molecule has 5 heteroatoms. The summed E-state index contributed by atoms with van der Waals surface area (Å²) in [6.45, 7) is 2.39. The molecule has 0 bridgehead atoms. The normalized spacial score (nSPS) is 20.1. The molecule has 2 rings (SSSR count). The van der Waals surface area contributed by atoms with E-state index in [1.54, 1.807) is 0 Å². The average molecular weight is 295 g/mol. The molecule has 20 heavy (non-hydrogen) atoms. The molecule has 1 aliphatic rings. The van der Waals surface area contributed by atoms with Crippen LogP contribution >= 0.6 is 11.6 Å². The molecule has 0 spiro atoms. The number of nitrogens with one attached hydrogen (secondary N) is 2. The molecule has 2 atom stereocenters. The first-order valence-corrected chi connectivity index (χ1v) is 7.24. The minimum atomic E-state index is -0.124. The van der Waals surface area contributed by atoms with Gasteiger partial charge in [-0.05, 0) is 31.4 Å². The van der Waals surface area contributed by atoms with Crippen LogP contribution < -0.4 is 10.6 Å². The molecule has 1 aliphatic heterocycles. The minimum absolute atomic E-state index is 0.00422. The number of rotatable bonds is 4. The highest BCUT2D eigenvalue weighted by Gasteiger charge is 2.25. The molecule has 1 fully saturated rings. The van der Waals surface area contributed by atoms with Crippen LogP contribution in [0.25, 0.3) is 0 Å². The average Bonchev–Trinajstić information content (AvgIpc) is 2.42. The van der Waals surface area contributed by atoms with Crippen molar-refractivity contribution in [1.82, 2.24) is 10.6 Å². The van der Waals surface area contributed by atoms with Crippen molar-refractivity contribution >= 4 is 23.4 Å². The van der Waals surface area contributed by atoms with Gasteiger partial charge >= 0.3 is 0 Å². The standard InChI is InChI=1S/C15H19ClN2O2/c1-10(8-11-4-2-3-5-13(11)16)18-15(20)12-6-7-14(19)17-9-12/h2-5,10,12H,6-9H2,1H3,(H,17,19)(H,18,20). The van der Waals surface area contributed by atoms with Crippen LogP contribution in [0.2, 0.25) is 5.02 Å². The summed E-state index contributed by atoms with van der Waals surface area (Å²) >= 11 is 6.11. The Morgan fingerprint density at radius 1 is 1.50 bits per heavy atom. The second-order valence-electron chi connectivity index (χ2n) is 5.24. The molecule has 1 heterocycles. The Bertz CT molecular complexity index is 494. The highest BCUT2D eigenvalue weighted by atomic mass is 35.5. The zero-order valence-corrected chi connectivity index (χ0v) is 12.2. The lowest BCUT2D eigenvalue weighted by Crippen LogP contribution is -2.45. The summed E-state index contributed by atoms with van der Waals surface area (Å²) in [4.78, 5) is 23.2. The number of benzene rings is 1. The van der Waals surface area contributed by atoms with Crippen LogP contribution in [0.3, 0.4) is 0 Å². The van der Waals surface area contributed by atoms with Gasteiger partial charge in [-0.25, -0.2) is 0 Å². The Labute approximate surface area is 123 Å². The van der Waals surface area contributed by atoms with E-state index in [1.165, 1.54) is 0 Å². The molecule has 0 saturated carbocycles. The van der Waals surface area contributed by atoms with Crippen molar-refractivity contribution in [2.45, 2.75) is 32.2 Å². The van der Waals surface area contributed by atoms with E-state index < -0.39 is 0 Å². The molecule has 0 radical (unpaired) electrons. The van der Waals surface area contributed by atoms with Crippen LogP contribution in [0.4, 0.5) is 0 Å². The van der Waals surface area contributed by atoms with Gasteiger partial charge in [-0.2, -0.15) is 0 Å². The predicted octanol–water partition coefficient (Wildman–Crippen LogP) is 1.91. The van der Waals surface area contributed by atoms with Gasteiger partial charge in [0.05, 0.1) is 5.92 Å². The number of carbonyl (C=O) groups excluding carboxylic acids is 2. The zero-order valence-electron chi connectivity index (χ0n) is 11.5. The SMILES string of the molecule is CC(Cc1ccccc1Cl)NC(=O)C1CCC(=O)NC1. The van der Waals surface area contributed by atoms with Gasteiger partial charge < -0.3 is 10.6 Å².